The Bertz CT molecular complexity index is 515. The molecular formula is C10H12N6OS. The Morgan fingerprint density at radius 1 is 1.50 bits per heavy atom. The molecule has 0 atom stereocenters. The van der Waals surface area contributed by atoms with Crippen LogP contribution in [0.5, 0.6) is 0 Å². The fraction of sp³-hybridized carbons (Fsp3) is 0.300. The molecule has 0 unspecified atom stereocenters. The quantitative estimate of drug-likeness (QED) is 0.848. The number of pyridine rings is 1. The summed E-state index contributed by atoms with van der Waals surface area (Å²) >= 11 is 1.02. The zero-order valence-electron chi connectivity index (χ0n) is 9.75. The van der Waals surface area contributed by atoms with Gasteiger partial charge in [-0.1, -0.05) is 16.5 Å². The van der Waals surface area contributed by atoms with Gasteiger partial charge in [-0.05, 0) is 23.8 Å². The first-order valence-electron chi connectivity index (χ1n) is 5.46. The van der Waals surface area contributed by atoms with Crippen LogP contribution in [-0.4, -0.2) is 32.2 Å². The van der Waals surface area contributed by atoms with E-state index in [2.05, 4.69) is 30.4 Å². The number of amides is 1. The molecule has 0 bridgehead atoms. The molecule has 0 saturated carbocycles. The van der Waals surface area contributed by atoms with E-state index in [0.29, 0.717) is 16.5 Å². The van der Waals surface area contributed by atoms with E-state index in [0.717, 1.165) is 24.5 Å². The maximum atomic E-state index is 12.0. The Labute approximate surface area is 108 Å². The Morgan fingerprint density at radius 3 is 3.11 bits per heavy atom. The van der Waals surface area contributed by atoms with Gasteiger partial charge in [0.05, 0.1) is 5.56 Å². The highest BCUT2D eigenvalue weighted by Gasteiger charge is 2.13. The van der Waals surface area contributed by atoms with Crippen molar-refractivity contribution in [3.63, 3.8) is 0 Å². The van der Waals surface area contributed by atoms with Crippen molar-refractivity contribution >= 4 is 28.4 Å². The second-order valence-electron chi connectivity index (χ2n) is 3.45. The number of carbonyl (C=O) groups excluding carboxylic acids is 1. The minimum atomic E-state index is -0.278. The maximum Gasteiger partial charge on any atom is 0.261 e. The van der Waals surface area contributed by atoms with Crippen molar-refractivity contribution < 1.29 is 4.79 Å². The van der Waals surface area contributed by atoms with Gasteiger partial charge in [-0.15, -0.1) is 0 Å². The lowest BCUT2D eigenvalue weighted by Gasteiger charge is -2.08. The van der Waals surface area contributed by atoms with Gasteiger partial charge in [0, 0.05) is 24.3 Å². The van der Waals surface area contributed by atoms with Crippen LogP contribution in [0.1, 0.15) is 23.7 Å². The van der Waals surface area contributed by atoms with Gasteiger partial charge in [-0.2, -0.15) is 0 Å². The topological polar surface area (TPSA) is 92.7 Å². The van der Waals surface area contributed by atoms with Crippen molar-refractivity contribution in [2.24, 2.45) is 0 Å². The van der Waals surface area contributed by atoms with Crippen molar-refractivity contribution in [2.75, 3.05) is 17.2 Å². The van der Waals surface area contributed by atoms with Gasteiger partial charge in [0.2, 0.25) is 5.13 Å². The molecule has 8 heteroatoms. The maximum absolute atomic E-state index is 12.0. The molecule has 0 fully saturated rings. The van der Waals surface area contributed by atoms with E-state index >= 15 is 0 Å². The average Bonchev–Trinajstić information content (AvgIpc) is 2.89. The molecule has 2 N–H and O–H groups in total. The standard InChI is InChI=1S/C10H12N6OS/c1-2-5-11-8-7(4-3-6-12-8)9(17)13-10-14-15-16-18-10/h3-4,6H,2,5H2,1H3,(H,11,12)(H,13,14,16,17). The molecule has 0 radical (unpaired) electrons. The molecule has 94 valence electrons. The summed E-state index contributed by atoms with van der Waals surface area (Å²) in [5.41, 5.74) is 0.473. The lowest BCUT2D eigenvalue weighted by Crippen LogP contribution is -2.16. The van der Waals surface area contributed by atoms with Crippen molar-refractivity contribution in [1.29, 1.82) is 0 Å². The van der Waals surface area contributed by atoms with E-state index in [9.17, 15) is 4.79 Å². The number of nitrogens with zero attached hydrogens (tertiary/aromatic N) is 4. The van der Waals surface area contributed by atoms with Gasteiger partial charge >= 0.3 is 0 Å². The van der Waals surface area contributed by atoms with Crippen molar-refractivity contribution in [3.8, 4) is 0 Å². The van der Waals surface area contributed by atoms with E-state index in [4.69, 9.17) is 0 Å². The summed E-state index contributed by atoms with van der Waals surface area (Å²) in [6.45, 7) is 2.81. The van der Waals surface area contributed by atoms with Gasteiger partial charge in [-0.25, -0.2) is 4.98 Å². The average molecular weight is 264 g/mol. The Hall–Kier alpha value is -2.09. The van der Waals surface area contributed by atoms with E-state index in [-0.39, 0.29) is 5.91 Å². The predicted octanol–water partition coefficient (Wildman–Crippen LogP) is 1.40. The SMILES string of the molecule is CCCNc1ncccc1C(=O)Nc1nnns1. The van der Waals surface area contributed by atoms with Crippen LogP contribution < -0.4 is 10.6 Å². The highest BCUT2D eigenvalue weighted by atomic mass is 32.1. The lowest BCUT2D eigenvalue weighted by atomic mass is 10.2. The first kappa shape index (κ1) is 12.4. The second kappa shape index (κ2) is 6.01. The molecule has 0 aliphatic rings. The van der Waals surface area contributed by atoms with E-state index < -0.39 is 0 Å². The highest BCUT2D eigenvalue weighted by Crippen LogP contribution is 2.14. The summed E-state index contributed by atoms with van der Waals surface area (Å²) in [6.07, 6.45) is 2.60. The fourth-order valence-corrected chi connectivity index (χ4v) is 1.68. The number of rotatable bonds is 5. The molecular weight excluding hydrogens is 252 g/mol. The summed E-state index contributed by atoms with van der Waals surface area (Å²) in [4.78, 5) is 16.2. The molecule has 0 aliphatic carbocycles. The van der Waals surface area contributed by atoms with Gasteiger partial charge in [0.25, 0.3) is 5.91 Å². The summed E-state index contributed by atoms with van der Waals surface area (Å²) in [7, 11) is 0. The molecule has 0 aliphatic heterocycles. The van der Waals surface area contributed by atoms with Crippen molar-refractivity contribution in [3.05, 3.63) is 23.9 Å². The second-order valence-corrected chi connectivity index (χ2v) is 4.18. The van der Waals surface area contributed by atoms with Crippen LogP contribution >= 0.6 is 11.5 Å². The summed E-state index contributed by atoms with van der Waals surface area (Å²) in [5, 5.41) is 13.2. The molecule has 1 amide bonds. The number of hydrogen-bond donors (Lipinski definition) is 2. The molecule has 2 aromatic heterocycles. The summed E-state index contributed by atoms with van der Waals surface area (Å²) in [6, 6.07) is 3.42. The Kier molecular flexibility index (Phi) is 4.13. The normalized spacial score (nSPS) is 10.1. The van der Waals surface area contributed by atoms with Gasteiger partial charge in [0.15, 0.2) is 0 Å². The van der Waals surface area contributed by atoms with Crippen LogP contribution in [0.2, 0.25) is 0 Å². The monoisotopic (exact) mass is 264 g/mol. The zero-order chi connectivity index (χ0) is 12.8. The van der Waals surface area contributed by atoms with Crippen LogP contribution in [0.3, 0.4) is 0 Å². The molecule has 0 saturated heterocycles. The highest BCUT2D eigenvalue weighted by molar-refractivity contribution is 7.09. The third-order valence-corrected chi connectivity index (χ3v) is 2.63. The van der Waals surface area contributed by atoms with Crippen molar-refractivity contribution in [1.82, 2.24) is 19.8 Å². The molecule has 0 aromatic carbocycles. The first-order valence-corrected chi connectivity index (χ1v) is 6.24. The van der Waals surface area contributed by atoms with Crippen LogP contribution in [0.4, 0.5) is 10.9 Å². The predicted molar refractivity (Wildman–Crippen MR) is 68.7 cm³/mol. The van der Waals surface area contributed by atoms with E-state index in [1.54, 1.807) is 18.3 Å². The van der Waals surface area contributed by atoms with Gasteiger partial charge < -0.3 is 5.32 Å². The zero-order valence-corrected chi connectivity index (χ0v) is 10.6. The fourth-order valence-electron chi connectivity index (χ4n) is 1.32. The van der Waals surface area contributed by atoms with Gasteiger partial charge in [0.1, 0.15) is 5.82 Å². The largest absolute Gasteiger partial charge is 0.369 e. The van der Waals surface area contributed by atoms with Crippen LogP contribution in [0.15, 0.2) is 18.3 Å². The molecule has 0 spiro atoms. The van der Waals surface area contributed by atoms with Gasteiger partial charge in [-0.3, -0.25) is 10.1 Å². The molecule has 2 rings (SSSR count). The van der Waals surface area contributed by atoms with Crippen molar-refractivity contribution in [2.45, 2.75) is 13.3 Å². The Balaban J connectivity index is 2.13. The summed E-state index contributed by atoms with van der Waals surface area (Å²) < 4.78 is 3.58. The molecule has 7 nitrogen and oxygen atoms in total. The lowest BCUT2D eigenvalue weighted by molar-refractivity contribution is 0.102. The number of aromatic nitrogens is 4. The first-order chi connectivity index (χ1) is 8.81. The van der Waals surface area contributed by atoms with Crippen LogP contribution in [0.25, 0.3) is 0 Å². The minimum absolute atomic E-state index is 0.278. The number of carbonyl (C=O) groups is 1. The number of hydrogen-bond acceptors (Lipinski definition) is 7. The molecule has 18 heavy (non-hydrogen) atoms. The van der Waals surface area contributed by atoms with E-state index in [1.807, 2.05) is 6.92 Å². The molecule has 2 heterocycles. The Morgan fingerprint density at radius 2 is 2.39 bits per heavy atom. The minimum Gasteiger partial charge on any atom is -0.369 e. The van der Waals surface area contributed by atoms with E-state index in [1.165, 1.54) is 0 Å². The number of anilines is 2. The van der Waals surface area contributed by atoms with Crippen LogP contribution in [0, 0.1) is 0 Å². The number of nitrogens with one attached hydrogen (secondary N) is 2. The smallest absolute Gasteiger partial charge is 0.261 e. The third-order valence-electron chi connectivity index (χ3n) is 2.11. The molecule has 2 aromatic rings. The summed E-state index contributed by atoms with van der Waals surface area (Å²) in [5.74, 6) is 0.287. The third kappa shape index (κ3) is 2.98. The van der Waals surface area contributed by atoms with Crippen LogP contribution in [-0.2, 0) is 0 Å².